The predicted molar refractivity (Wildman–Crippen MR) is 85.7 cm³/mol. The Balaban J connectivity index is 2.18. The lowest BCUT2D eigenvalue weighted by Crippen LogP contribution is -2.00. The van der Waals surface area contributed by atoms with E-state index in [1.165, 1.54) is 11.1 Å². The van der Waals surface area contributed by atoms with Crippen molar-refractivity contribution in [1.29, 1.82) is 0 Å². The van der Waals surface area contributed by atoms with Crippen LogP contribution in [-0.4, -0.2) is 24.6 Å². The summed E-state index contributed by atoms with van der Waals surface area (Å²) in [4.78, 5) is 9.05. The van der Waals surface area contributed by atoms with E-state index < -0.39 is 0 Å². The Morgan fingerprint density at radius 2 is 1.82 bits per heavy atom. The highest BCUT2D eigenvalue weighted by Crippen LogP contribution is 2.26. The third-order valence-electron chi connectivity index (χ3n) is 3.89. The highest BCUT2D eigenvalue weighted by Gasteiger charge is 2.16. The Hall–Kier alpha value is -2.82. The molecule has 0 N–H and O–H groups in total. The number of rotatable bonds is 1. The van der Waals surface area contributed by atoms with Gasteiger partial charge >= 0.3 is 0 Å². The maximum atomic E-state index is 4.56. The van der Waals surface area contributed by atoms with E-state index in [4.69, 9.17) is 0 Å². The summed E-state index contributed by atoms with van der Waals surface area (Å²) < 4.78 is 2.00. The molecule has 0 spiro atoms. The molecule has 5 nitrogen and oxygen atoms in total. The average molecular weight is 289 g/mol. The summed E-state index contributed by atoms with van der Waals surface area (Å²) in [6.07, 6.45) is 1.77. The molecule has 0 unspecified atom stereocenters. The van der Waals surface area contributed by atoms with Crippen LogP contribution in [-0.2, 0) is 0 Å². The molecule has 0 aliphatic carbocycles. The standard InChI is InChI=1S/C17H15N5/c1-10-6-7-11(2)13(9-10)16-21-20-15-12(3)19-14-5-4-8-18-17(14)22(15)16/h4-9H,1-3H3. The Bertz CT molecular complexity index is 1020. The van der Waals surface area contributed by atoms with Gasteiger partial charge in [-0.3, -0.25) is 4.40 Å². The molecule has 22 heavy (non-hydrogen) atoms. The normalized spacial score (nSPS) is 11.4. The first-order valence-electron chi connectivity index (χ1n) is 7.19. The van der Waals surface area contributed by atoms with Crippen LogP contribution in [0.2, 0.25) is 0 Å². The molecule has 0 saturated carbocycles. The van der Waals surface area contributed by atoms with Gasteiger partial charge < -0.3 is 0 Å². The molecule has 4 rings (SSSR count). The summed E-state index contributed by atoms with van der Waals surface area (Å²) in [5, 5.41) is 8.74. The van der Waals surface area contributed by atoms with Gasteiger partial charge in [0.15, 0.2) is 17.1 Å². The third-order valence-corrected chi connectivity index (χ3v) is 3.89. The fourth-order valence-corrected chi connectivity index (χ4v) is 2.75. The second kappa shape index (κ2) is 4.59. The van der Waals surface area contributed by atoms with Gasteiger partial charge in [0, 0.05) is 11.8 Å². The van der Waals surface area contributed by atoms with Crippen molar-refractivity contribution in [3.8, 4) is 11.4 Å². The van der Waals surface area contributed by atoms with Crippen LogP contribution >= 0.6 is 0 Å². The minimum absolute atomic E-state index is 0.752. The zero-order valence-electron chi connectivity index (χ0n) is 12.7. The molecule has 1 aromatic carbocycles. The minimum atomic E-state index is 0.752. The van der Waals surface area contributed by atoms with E-state index in [1.54, 1.807) is 6.20 Å². The molecule has 0 saturated heterocycles. The smallest absolute Gasteiger partial charge is 0.184 e. The van der Waals surface area contributed by atoms with Gasteiger partial charge in [-0.25, -0.2) is 9.97 Å². The topological polar surface area (TPSA) is 56.0 Å². The van der Waals surface area contributed by atoms with Gasteiger partial charge in [0.1, 0.15) is 5.52 Å². The van der Waals surface area contributed by atoms with Crippen molar-refractivity contribution in [2.75, 3.05) is 0 Å². The van der Waals surface area contributed by atoms with Crippen molar-refractivity contribution in [2.45, 2.75) is 20.8 Å². The molecule has 0 radical (unpaired) electrons. The molecule has 3 heterocycles. The molecule has 0 aliphatic heterocycles. The first kappa shape index (κ1) is 12.9. The van der Waals surface area contributed by atoms with Gasteiger partial charge in [0.05, 0.1) is 5.69 Å². The van der Waals surface area contributed by atoms with Gasteiger partial charge in [0.2, 0.25) is 0 Å². The molecule has 4 aromatic rings. The van der Waals surface area contributed by atoms with Crippen LogP contribution in [0.4, 0.5) is 0 Å². The molecule has 0 amide bonds. The summed E-state index contributed by atoms with van der Waals surface area (Å²) >= 11 is 0. The molecule has 108 valence electrons. The van der Waals surface area contributed by atoms with Crippen molar-refractivity contribution >= 4 is 16.8 Å². The van der Waals surface area contributed by atoms with Crippen molar-refractivity contribution in [1.82, 2.24) is 24.6 Å². The van der Waals surface area contributed by atoms with Gasteiger partial charge in [0.25, 0.3) is 0 Å². The molecular weight excluding hydrogens is 274 g/mol. The van der Waals surface area contributed by atoms with E-state index in [0.29, 0.717) is 0 Å². The average Bonchev–Trinajstić information content (AvgIpc) is 2.95. The zero-order chi connectivity index (χ0) is 15.3. The van der Waals surface area contributed by atoms with E-state index in [2.05, 4.69) is 52.2 Å². The Morgan fingerprint density at radius 1 is 0.955 bits per heavy atom. The highest BCUT2D eigenvalue weighted by atomic mass is 15.3. The number of benzene rings is 1. The summed E-state index contributed by atoms with van der Waals surface area (Å²) in [7, 11) is 0. The minimum Gasteiger partial charge on any atom is -0.255 e. The van der Waals surface area contributed by atoms with E-state index in [-0.39, 0.29) is 0 Å². The molecular formula is C17H15N5. The Labute approximate surface area is 127 Å². The Morgan fingerprint density at radius 3 is 2.68 bits per heavy atom. The molecule has 5 heteroatoms. The van der Waals surface area contributed by atoms with Crippen LogP contribution in [0.3, 0.4) is 0 Å². The van der Waals surface area contributed by atoms with Crippen LogP contribution < -0.4 is 0 Å². The summed E-state index contributed by atoms with van der Waals surface area (Å²) in [6, 6.07) is 10.2. The van der Waals surface area contributed by atoms with E-state index in [0.717, 1.165) is 33.9 Å². The SMILES string of the molecule is Cc1ccc(C)c(-c2nnc3c(C)nc4cccnc4n23)c1. The van der Waals surface area contributed by atoms with Crippen LogP contribution in [0, 0.1) is 20.8 Å². The highest BCUT2D eigenvalue weighted by molar-refractivity contribution is 5.78. The zero-order valence-corrected chi connectivity index (χ0v) is 12.7. The van der Waals surface area contributed by atoms with Crippen LogP contribution in [0.25, 0.3) is 28.2 Å². The molecule has 0 bridgehead atoms. The first-order chi connectivity index (χ1) is 10.6. The van der Waals surface area contributed by atoms with Crippen LogP contribution in [0.15, 0.2) is 36.5 Å². The summed E-state index contributed by atoms with van der Waals surface area (Å²) in [5.74, 6) is 0.811. The van der Waals surface area contributed by atoms with E-state index in [9.17, 15) is 0 Å². The number of aryl methyl sites for hydroxylation is 3. The van der Waals surface area contributed by atoms with Gasteiger partial charge in [-0.2, -0.15) is 0 Å². The van der Waals surface area contributed by atoms with Crippen molar-refractivity contribution < 1.29 is 0 Å². The number of hydrogen-bond donors (Lipinski definition) is 0. The second-order valence-corrected chi connectivity index (χ2v) is 5.54. The van der Waals surface area contributed by atoms with Gasteiger partial charge in [-0.15, -0.1) is 10.2 Å². The maximum absolute atomic E-state index is 4.56. The fourth-order valence-electron chi connectivity index (χ4n) is 2.75. The number of aromatic nitrogens is 5. The molecule has 0 aliphatic rings. The maximum Gasteiger partial charge on any atom is 0.184 e. The monoisotopic (exact) mass is 289 g/mol. The molecule has 0 fully saturated rings. The molecule has 0 atom stereocenters. The lowest BCUT2D eigenvalue weighted by atomic mass is 10.1. The predicted octanol–water partition coefficient (Wildman–Crippen LogP) is 3.26. The van der Waals surface area contributed by atoms with E-state index >= 15 is 0 Å². The van der Waals surface area contributed by atoms with Gasteiger partial charge in [-0.1, -0.05) is 17.7 Å². The summed E-state index contributed by atoms with van der Waals surface area (Å²) in [6.45, 7) is 6.11. The van der Waals surface area contributed by atoms with Crippen LogP contribution in [0.1, 0.15) is 16.8 Å². The number of fused-ring (bicyclic) bond motifs is 3. The largest absolute Gasteiger partial charge is 0.255 e. The lowest BCUT2D eigenvalue weighted by Gasteiger charge is -2.08. The number of pyridine rings is 1. The third kappa shape index (κ3) is 1.79. The van der Waals surface area contributed by atoms with Gasteiger partial charge in [-0.05, 0) is 44.5 Å². The van der Waals surface area contributed by atoms with Crippen molar-refractivity contribution in [2.24, 2.45) is 0 Å². The Kier molecular flexibility index (Phi) is 2.69. The molecule has 3 aromatic heterocycles. The van der Waals surface area contributed by atoms with Crippen LogP contribution in [0.5, 0.6) is 0 Å². The van der Waals surface area contributed by atoms with Crippen molar-refractivity contribution in [3.63, 3.8) is 0 Å². The second-order valence-electron chi connectivity index (χ2n) is 5.54. The lowest BCUT2D eigenvalue weighted by molar-refractivity contribution is 1.10. The van der Waals surface area contributed by atoms with E-state index in [1.807, 2.05) is 23.5 Å². The first-order valence-corrected chi connectivity index (χ1v) is 7.19. The number of nitrogens with zero attached hydrogens (tertiary/aromatic N) is 5. The quantitative estimate of drug-likeness (QED) is 0.539. The number of hydrogen-bond acceptors (Lipinski definition) is 4. The fraction of sp³-hybridized carbons (Fsp3) is 0.176. The summed E-state index contributed by atoms with van der Waals surface area (Å²) in [5.41, 5.74) is 6.67. The van der Waals surface area contributed by atoms with Crippen molar-refractivity contribution in [3.05, 3.63) is 53.3 Å².